The van der Waals surface area contributed by atoms with Crippen LogP contribution in [0.2, 0.25) is 0 Å². The zero-order chi connectivity index (χ0) is 49.5. The second-order valence-corrected chi connectivity index (χ2v) is 22.8. The molecule has 0 amide bonds. The summed E-state index contributed by atoms with van der Waals surface area (Å²) in [6, 6.07) is 20.9. The number of aliphatic imine (C=N–C) groups is 6. The number of carbonyl (C=O) groups excluding carboxylic acids is 3. The van der Waals surface area contributed by atoms with Gasteiger partial charge in [0.05, 0.1) is 16.7 Å². The van der Waals surface area contributed by atoms with Crippen molar-refractivity contribution in [2.24, 2.45) is 64.0 Å². The fourth-order valence-electron chi connectivity index (χ4n) is 11.6. The largest absolute Gasteiger partial charge is 0.459 e. The van der Waals surface area contributed by atoms with Gasteiger partial charge in [0.15, 0.2) is 0 Å². The lowest BCUT2D eigenvalue weighted by Gasteiger charge is -2.38. The molecule has 6 atom stereocenters. The number of guanidine groups is 6. The Labute approximate surface area is 410 Å². The molecule has 0 spiro atoms. The SMILES string of the molecule is CC1CC(OC(=O)c2ccc(NC3=NC4=NC(Nc5ccc(C(=O)OC6CC(C)CC(C)(C)C6)cc5)=NC5=NC(Nc6ccc(C(=O)OC7CC(C)CC(C)(C)C7)cc6)=NC(=N3)N45)cc2)CC(C)(C)C1. The monoisotopic (exact) mass is 951 g/mol. The van der Waals surface area contributed by atoms with E-state index in [4.69, 9.17) is 44.2 Å². The van der Waals surface area contributed by atoms with E-state index in [1.165, 1.54) is 4.90 Å². The standard InChI is InChI=1S/C54H66N10O6/c1-31-22-40(28-52(4,5)25-31)68-43(65)34-10-16-37(17-11-34)55-46-58-49-60-47(56-38-18-12-35(13-19-38)44(66)69-41-23-32(2)26-53(6,7)29-41)62-51-63-48(61-50(59-46)64(49)51)57-39-20-14-36(15-21-39)45(67)70-42-24-33(3)27-54(8,9)30-42/h10-21,31-33,40-42H,22-30H2,1-9H3,(H3,55,56,57,58,59,60,61,62,63). The van der Waals surface area contributed by atoms with Gasteiger partial charge < -0.3 is 30.2 Å². The topological polar surface area (TPSA) is 192 Å². The van der Waals surface area contributed by atoms with Gasteiger partial charge in [-0.3, -0.25) is 0 Å². The molecule has 6 unspecified atom stereocenters. The minimum atomic E-state index is -0.354. The van der Waals surface area contributed by atoms with Gasteiger partial charge in [-0.25, -0.2) is 19.3 Å². The summed E-state index contributed by atoms with van der Waals surface area (Å²) in [5.74, 6) is 1.51. The van der Waals surface area contributed by atoms with E-state index in [9.17, 15) is 14.4 Å². The third kappa shape index (κ3) is 11.8. The molecule has 368 valence electrons. The van der Waals surface area contributed by atoms with Crippen LogP contribution in [0.5, 0.6) is 0 Å². The molecular formula is C54H66N10O6. The minimum absolute atomic E-state index is 0.118. The average Bonchev–Trinajstić information content (AvgIpc) is 3.25. The lowest BCUT2D eigenvalue weighted by Crippen LogP contribution is -2.49. The van der Waals surface area contributed by atoms with Crippen molar-refractivity contribution in [3.05, 3.63) is 89.5 Å². The summed E-state index contributed by atoms with van der Waals surface area (Å²) in [6.45, 7) is 20.0. The molecule has 70 heavy (non-hydrogen) atoms. The number of nitrogens with zero attached hydrogens (tertiary/aromatic N) is 7. The first-order valence-electron chi connectivity index (χ1n) is 24.8. The van der Waals surface area contributed by atoms with Gasteiger partial charge >= 0.3 is 17.9 Å². The fraction of sp³-hybridized carbons (Fsp3) is 0.500. The predicted octanol–water partition coefficient (Wildman–Crippen LogP) is 10.9. The number of hydrogen-bond donors (Lipinski definition) is 3. The maximum Gasteiger partial charge on any atom is 0.338 e. The Morgan fingerprint density at radius 1 is 0.429 bits per heavy atom. The summed E-state index contributed by atoms with van der Waals surface area (Å²) in [5, 5.41) is 9.72. The average molecular weight is 951 g/mol. The van der Waals surface area contributed by atoms with E-state index >= 15 is 0 Å². The zero-order valence-corrected chi connectivity index (χ0v) is 41.8. The van der Waals surface area contributed by atoms with Crippen LogP contribution >= 0.6 is 0 Å². The number of carbonyl (C=O) groups is 3. The van der Waals surface area contributed by atoms with Gasteiger partial charge in [-0.2, -0.15) is 30.0 Å². The Balaban J connectivity index is 0.927. The molecule has 0 radical (unpaired) electrons. The Hall–Kier alpha value is -6.71. The zero-order valence-electron chi connectivity index (χ0n) is 41.8. The number of esters is 3. The van der Waals surface area contributed by atoms with Crippen LogP contribution in [-0.4, -0.2) is 76.9 Å². The Morgan fingerprint density at radius 2 is 0.686 bits per heavy atom. The molecule has 3 aliphatic carbocycles. The van der Waals surface area contributed by atoms with E-state index in [0.29, 0.717) is 51.5 Å². The lowest BCUT2D eigenvalue weighted by atomic mass is 9.71. The van der Waals surface area contributed by atoms with Crippen LogP contribution in [0.15, 0.2) is 103 Å². The van der Waals surface area contributed by atoms with Crippen molar-refractivity contribution in [3.63, 3.8) is 0 Å². The summed E-state index contributed by atoms with van der Waals surface area (Å²) >= 11 is 0. The highest BCUT2D eigenvalue weighted by Crippen LogP contribution is 2.42. The second kappa shape index (κ2) is 19.2. The van der Waals surface area contributed by atoms with Crippen LogP contribution in [0.1, 0.15) is 151 Å². The van der Waals surface area contributed by atoms with E-state index in [1.807, 2.05) is 0 Å². The van der Waals surface area contributed by atoms with Crippen molar-refractivity contribution in [2.75, 3.05) is 16.0 Å². The Morgan fingerprint density at radius 3 is 0.929 bits per heavy atom. The summed E-state index contributed by atoms with van der Waals surface area (Å²) < 4.78 is 17.9. The molecule has 3 saturated carbocycles. The summed E-state index contributed by atoms with van der Waals surface area (Å²) in [7, 11) is 0. The van der Waals surface area contributed by atoms with E-state index in [2.05, 4.69) is 78.3 Å². The maximum atomic E-state index is 13.2. The van der Waals surface area contributed by atoms with Gasteiger partial charge in [0.1, 0.15) is 18.3 Å². The summed E-state index contributed by atoms with van der Waals surface area (Å²) in [5.41, 5.74) is 3.56. The van der Waals surface area contributed by atoms with Gasteiger partial charge in [-0.1, -0.05) is 62.3 Å². The fourth-order valence-corrected chi connectivity index (χ4v) is 11.6. The number of nitrogens with one attached hydrogen (secondary N) is 3. The molecule has 0 aromatic heterocycles. The van der Waals surface area contributed by atoms with Crippen LogP contribution in [0.3, 0.4) is 0 Å². The number of hydrogen-bond acceptors (Lipinski definition) is 16. The van der Waals surface area contributed by atoms with Gasteiger partial charge in [0.2, 0.25) is 35.8 Å². The van der Waals surface area contributed by atoms with Gasteiger partial charge in [0, 0.05) is 17.1 Å². The van der Waals surface area contributed by atoms with E-state index in [0.717, 1.165) is 57.8 Å². The second-order valence-electron chi connectivity index (χ2n) is 22.8. The molecule has 0 bridgehead atoms. The molecule has 3 fully saturated rings. The first-order valence-corrected chi connectivity index (χ1v) is 24.8. The van der Waals surface area contributed by atoms with Gasteiger partial charge in [-0.15, -0.1) is 0 Å². The molecule has 3 N–H and O–H groups in total. The van der Waals surface area contributed by atoms with Crippen molar-refractivity contribution in [1.82, 2.24) is 4.90 Å². The quantitative estimate of drug-likeness (QED) is 0.137. The van der Waals surface area contributed by atoms with Crippen molar-refractivity contribution in [1.29, 1.82) is 0 Å². The minimum Gasteiger partial charge on any atom is -0.459 e. The number of ether oxygens (including phenoxy) is 3. The summed E-state index contributed by atoms with van der Waals surface area (Å²) in [6.07, 6.45) is 8.02. The summed E-state index contributed by atoms with van der Waals surface area (Å²) in [4.78, 5) is 69.6. The van der Waals surface area contributed by atoms with E-state index < -0.39 is 0 Å². The third-order valence-electron chi connectivity index (χ3n) is 13.8. The van der Waals surface area contributed by atoms with Crippen LogP contribution in [-0.2, 0) is 14.2 Å². The predicted molar refractivity (Wildman–Crippen MR) is 275 cm³/mol. The van der Waals surface area contributed by atoms with Crippen LogP contribution in [0.4, 0.5) is 17.1 Å². The molecule has 3 aromatic rings. The van der Waals surface area contributed by atoms with Crippen molar-refractivity contribution in [3.8, 4) is 0 Å². The number of rotatable bonds is 9. The van der Waals surface area contributed by atoms with Gasteiger partial charge in [-0.05, 0) is 165 Å². The first-order chi connectivity index (χ1) is 33.2. The Kier molecular flexibility index (Phi) is 13.3. The highest BCUT2D eigenvalue weighted by atomic mass is 16.6. The molecule has 16 nitrogen and oxygen atoms in total. The first kappa shape index (κ1) is 48.3. The maximum absolute atomic E-state index is 13.2. The molecule has 3 heterocycles. The highest BCUT2D eigenvalue weighted by Gasteiger charge is 2.38. The molecular weight excluding hydrogens is 885 g/mol. The van der Waals surface area contributed by atoms with Crippen LogP contribution in [0.25, 0.3) is 0 Å². The molecule has 3 aromatic carbocycles. The van der Waals surface area contributed by atoms with Crippen LogP contribution < -0.4 is 16.0 Å². The van der Waals surface area contributed by atoms with Crippen LogP contribution in [0, 0.1) is 34.0 Å². The Bertz CT molecular complexity index is 2410. The molecule has 16 heteroatoms. The molecule has 3 aliphatic heterocycles. The van der Waals surface area contributed by atoms with Crippen molar-refractivity contribution < 1.29 is 28.6 Å². The number of anilines is 3. The number of benzene rings is 3. The lowest BCUT2D eigenvalue weighted by molar-refractivity contribution is -0.00822. The van der Waals surface area contributed by atoms with Crippen molar-refractivity contribution in [2.45, 2.75) is 138 Å². The van der Waals surface area contributed by atoms with Crippen molar-refractivity contribution >= 4 is 70.7 Å². The molecule has 9 rings (SSSR count). The molecule has 6 aliphatic rings. The third-order valence-corrected chi connectivity index (χ3v) is 13.8. The van der Waals surface area contributed by atoms with E-state index in [-0.39, 0.29) is 88.2 Å². The molecule has 0 saturated heterocycles. The van der Waals surface area contributed by atoms with Gasteiger partial charge in [0.25, 0.3) is 0 Å². The normalized spacial score (nSPS) is 26.3. The highest BCUT2D eigenvalue weighted by molar-refractivity contribution is 6.32. The smallest absolute Gasteiger partial charge is 0.338 e. The van der Waals surface area contributed by atoms with E-state index in [1.54, 1.807) is 72.8 Å².